The zero-order chi connectivity index (χ0) is 11.3. The lowest BCUT2D eigenvalue weighted by Gasteiger charge is -2.18. The van der Waals surface area contributed by atoms with Crippen LogP contribution in [0, 0.1) is 0 Å². The molecule has 0 amide bonds. The van der Waals surface area contributed by atoms with Crippen molar-refractivity contribution in [3.63, 3.8) is 0 Å². The summed E-state index contributed by atoms with van der Waals surface area (Å²) in [5, 5.41) is 4.41. The van der Waals surface area contributed by atoms with Gasteiger partial charge >= 0.3 is 0 Å². The second-order valence-corrected chi connectivity index (χ2v) is 4.05. The standard InChI is InChI=1S/C11H15Cl2NO/c1-14-10(6-7-15-2)8-4-3-5-9(12)11(8)13/h3-5,10,14H,6-7H2,1-2H3. The Labute approximate surface area is 101 Å². The van der Waals surface area contributed by atoms with E-state index >= 15 is 0 Å². The average molecular weight is 248 g/mol. The number of halogens is 2. The molecule has 1 unspecified atom stereocenters. The van der Waals surface area contributed by atoms with Gasteiger partial charge in [-0.2, -0.15) is 0 Å². The quantitative estimate of drug-likeness (QED) is 0.863. The molecule has 1 atom stereocenters. The van der Waals surface area contributed by atoms with Gasteiger partial charge in [0.15, 0.2) is 0 Å². The van der Waals surface area contributed by atoms with Crippen LogP contribution < -0.4 is 5.32 Å². The Hall–Kier alpha value is -0.280. The molecule has 0 saturated carbocycles. The first-order chi connectivity index (χ1) is 7.20. The molecule has 0 aliphatic carbocycles. The van der Waals surface area contributed by atoms with Crippen LogP contribution >= 0.6 is 23.2 Å². The highest BCUT2D eigenvalue weighted by Crippen LogP contribution is 2.30. The smallest absolute Gasteiger partial charge is 0.0640 e. The maximum Gasteiger partial charge on any atom is 0.0640 e. The van der Waals surface area contributed by atoms with Crippen LogP contribution in [0.4, 0.5) is 0 Å². The predicted molar refractivity (Wildman–Crippen MR) is 64.8 cm³/mol. The van der Waals surface area contributed by atoms with E-state index < -0.39 is 0 Å². The number of nitrogens with one attached hydrogen (secondary N) is 1. The fourth-order valence-electron chi connectivity index (χ4n) is 1.48. The molecular weight excluding hydrogens is 233 g/mol. The van der Waals surface area contributed by atoms with Crippen molar-refractivity contribution in [2.75, 3.05) is 20.8 Å². The third-order valence-corrected chi connectivity index (χ3v) is 3.15. The summed E-state index contributed by atoms with van der Waals surface area (Å²) in [6.45, 7) is 0.689. The highest BCUT2D eigenvalue weighted by Gasteiger charge is 2.13. The molecule has 84 valence electrons. The summed E-state index contributed by atoms with van der Waals surface area (Å²) in [5.41, 5.74) is 1.02. The van der Waals surface area contributed by atoms with Gasteiger partial charge in [0, 0.05) is 19.8 Å². The molecule has 0 bridgehead atoms. The lowest BCUT2D eigenvalue weighted by Crippen LogP contribution is -2.18. The van der Waals surface area contributed by atoms with Crippen LogP contribution in [0.3, 0.4) is 0 Å². The summed E-state index contributed by atoms with van der Waals surface area (Å²) < 4.78 is 5.05. The lowest BCUT2D eigenvalue weighted by atomic mass is 10.0. The Bertz CT molecular complexity index is 317. The second-order valence-electron chi connectivity index (χ2n) is 3.27. The third-order valence-electron chi connectivity index (χ3n) is 2.32. The number of hydrogen-bond donors (Lipinski definition) is 1. The minimum Gasteiger partial charge on any atom is -0.385 e. The van der Waals surface area contributed by atoms with Crippen LogP contribution in [0.15, 0.2) is 18.2 Å². The van der Waals surface area contributed by atoms with E-state index in [1.54, 1.807) is 13.2 Å². The Morgan fingerprint density at radius 3 is 2.73 bits per heavy atom. The van der Waals surface area contributed by atoms with Crippen molar-refractivity contribution in [3.8, 4) is 0 Å². The van der Waals surface area contributed by atoms with Gasteiger partial charge in [-0.05, 0) is 25.1 Å². The molecule has 15 heavy (non-hydrogen) atoms. The summed E-state index contributed by atoms with van der Waals surface area (Å²) in [6, 6.07) is 5.85. The van der Waals surface area contributed by atoms with Crippen LogP contribution in [0.5, 0.6) is 0 Å². The molecule has 0 spiro atoms. The topological polar surface area (TPSA) is 21.3 Å². The van der Waals surface area contributed by atoms with Crippen molar-refractivity contribution in [2.24, 2.45) is 0 Å². The van der Waals surface area contributed by atoms with E-state index in [1.807, 2.05) is 19.2 Å². The van der Waals surface area contributed by atoms with E-state index in [1.165, 1.54) is 0 Å². The number of hydrogen-bond acceptors (Lipinski definition) is 2. The molecule has 0 aliphatic rings. The molecule has 0 heterocycles. The van der Waals surface area contributed by atoms with Gasteiger partial charge in [0.05, 0.1) is 10.0 Å². The van der Waals surface area contributed by atoms with Gasteiger partial charge < -0.3 is 10.1 Å². The van der Waals surface area contributed by atoms with Gasteiger partial charge in [0.25, 0.3) is 0 Å². The van der Waals surface area contributed by atoms with Gasteiger partial charge in [0.2, 0.25) is 0 Å². The molecule has 1 aromatic carbocycles. The summed E-state index contributed by atoms with van der Waals surface area (Å²) in [5.74, 6) is 0. The normalized spacial score (nSPS) is 12.8. The van der Waals surface area contributed by atoms with Crippen LogP contribution in [0.2, 0.25) is 10.0 Å². The number of rotatable bonds is 5. The Kier molecular flexibility index (Phi) is 5.40. The second kappa shape index (κ2) is 6.33. The Balaban J connectivity index is 2.86. The average Bonchev–Trinajstić information content (AvgIpc) is 2.25. The number of methoxy groups -OCH3 is 1. The van der Waals surface area contributed by atoms with Crippen LogP contribution in [-0.2, 0) is 4.74 Å². The summed E-state index contributed by atoms with van der Waals surface area (Å²) in [4.78, 5) is 0. The van der Waals surface area contributed by atoms with Crippen molar-refractivity contribution in [1.29, 1.82) is 0 Å². The van der Waals surface area contributed by atoms with Gasteiger partial charge in [0.1, 0.15) is 0 Å². The first-order valence-electron chi connectivity index (χ1n) is 4.80. The molecule has 0 aliphatic heterocycles. The molecular formula is C11H15Cl2NO. The van der Waals surface area contributed by atoms with Crippen molar-refractivity contribution in [2.45, 2.75) is 12.5 Å². The van der Waals surface area contributed by atoms with Crippen molar-refractivity contribution >= 4 is 23.2 Å². The molecule has 1 N–H and O–H groups in total. The first kappa shape index (κ1) is 12.8. The Morgan fingerprint density at radius 2 is 2.13 bits per heavy atom. The van der Waals surface area contributed by atoms with E-state index in [-0.39, 0.29) is 6.04 Å². The maximum absolute atomic E-state index is 6.13. The third kappa shape index (κ3) is 3.35. The fraction of sp³-hybridized carbons (Fsp3) is 0.455. The number of ether oxygens (including phenoxy) is 1. The molecule has 0 saturated heterocycles. The van der Waals surface area contributed by atoms with E-state index in [2.05, 4.69) is 5.32 Å². The first-order valence-corrected chi connectivity index (χ1v) is 5.56. The maximum atomic E-state index is 6.13. The zero-order valence-corrected chi connectivity index (χ0v) is 10.4. The molecule has 2 nitrogen and oxygen atoms in total. The molecule has 1 aromatic rings. The van der Waals surface area contributed by atoms with Gasteiger partial charge in [-0.15, -0.1) is 0 Å². The highest BCUT2D eigenvalue weighted by molar-refractivity contribution is 6.42. The summed E-state index contributed by atoms with van der Waals surface area (Å²) >= 11 is 12.1. The van der Waals surface area contributed by atoms with E-state index in [9.17, 15) is 0 Å². The number of benzene rings is 1. The molecule has 0 radical (unpaired) electrons. The molecule has 0 fully saturated rings. The van der Waals surface area contributed by atoms with Gasteiger partial charge in [-0.1, -0.05) is 35.3 Å². The minimum atomic E-state index is 0.177. The van der Waals surface area contributed by atoms with Crippen molar-refractivity contribution in [1.82, 2.24) is 5.32 Å². The molecule has 0 aromatic heterocycles. The minimum absolute atomic E-state index is 0.177. The monoisotopic (exact) mass is 247 g/mol. The van der Waals surface area contributed by atoms with Crippen molar-refractivity contribution < 1.29 is 4.74 Å². The lowest BCUT2D eigenvalue weighted by molar-refractivity contribution is 0.184. The predicted octanol–water partition coefficient (Wildman–Crippen LogP) is 3.29. The van der Waals surface area contributed by atoms with Gasteiger partial charge in [-0.3, -0.25) is 0 Å². The largest absolute Gasteiger partial charge is 0.385 e. The Morgan fingerprint density at radius 1 is 1.40 bits per heavy atom. The van der Waals surface area contributed by atoms with E-state index in [4.69, 9.17) is 27.9 Å². The van der Waals surface area contributed by atoms with Crippen LogP contribution in [0.25, 0.3) is 0 Å². The summed E-state index contributed by atoms with van der Waals surface area (Å²) in [6.07, 6.45) is 0.868. The fourth-order valence-corrected chi connectivity index (χ4v) is 1.92. The highest BCUT2D eigenvalue weighted by atomic mass is 35.5. The molecule has 4 heteroatoms. The van der Waals surface area contributed by atoms with Crippen LogP contribution in [-0.4, -0.2) is 20.8 Å². The van der Waals surface area contributed by atoms with Crippen molar-refractivity contribution in [3.05, 3.63) is 33.8 Å². The SMILES string of the molecule is CNC(CCOC)c1cccc(Cl)c1Cl. The summed E-state index contributed by atoms with van der Waals surface area (Å²) in [7, 11) is 3.59. The van der Waals surface area contributed by atoms with Crippen LogP contribution in [0.1, 0.15) is 18.0 Å². The molecule has 1 rings (SSSR count). The van der Waals surface area contributed by atoms with E-state index in [0.29, 0.717) is 16.7 Å². The van der Waals surface area contributed by atoms with E-state index in [0.717, 1.165) is 12.0 Å². The zero-order valence-electron chi connectivity index (χ0n) is 8.89. The van der Waals surface area contributed by atoms with Gasteiger partial charge in [-0.25, -0.2) is 0 Å².